The van der Waals surface area contributed by atoms with Crippen LogP contribution in [0.3, 0.4) is 0 Å². The molecule has 0 aromatic carbocycles. The molecule has 3 fully saturated rings. The van der Waals surface area contributed by atoms with Gasteiger partial charge in [-0.1, -0.05) is 19.4 Å². The summed E-state index contributed by atoms with van der Waals surface area (Å²) in [5, 5.41) is 9.36. The van der Waals surface area contributed by atoms with E-state index in [0.29, 0.717) is 45.1 Å². The van der Waals surface area contributed by atoms with Crippen molar-refractivity contribution in [2.24, 2.45) is 0 Å². The number of unbranched alkanes of at least 4 members (excludes halogenated alkanes) is 1. The summed E-state index contributed by atoms with van der Waals surface area (Å²) in [7, 11) is -3.90. The summed E-state index contributed by atoms with van der Waals surface area (Å²) in [5.74, 6) is -0.569. The monoisotopic (exact) mass is 500 g/mol. The number of likely N-dealkylation sites (tertiary alicyclic amines) is 1. The molecule has 1 aliphatic carbocycles. The second kappa shape index (κ2) is 11.0. The van der Waals surface area contributed by atoms with Crippen molar-refractivity contribution in [1.82, 2.24) is 19.7 Å². The van der Waals surface area contributed by atoms with Crippen molar-refractivity contribution in [3.63, 3.8) is 0 Å². The Morgan fingerprint density at radius 2 is 1.82 bits per heavy atom. The predicted octanol–water partition coefficient (Wildman–Crippen LogP) is 2.86. The number of aryl methyl sites for hydroxylation is 1. The van der Waals surface area contributed by atoms with E-state index in [1.165, 1.54) is 9.87 Å². The minimum absolute atomic E-state index is 0. The van der Waals surface area contributed by atoms with Crippen molar-refractivity contribution in [1.29, 1.82) is 0 Å². The summed E-state index contributed by atoms with van der Waals surface area (Å²) in [6.07, 6.45) is 9.40. The maximum absolute atomic E-state index is 13.7. The molecule has 8 nitrogen and oxygen atoms in total. The first-order valence-corrected chi connectivity index (χ1v) is 13.5. The second-order valence-electron chi connectivity index (χ2n) is 9.58. The van der Waals surface area contributed by atoms with Gasteiger partial charge in [-0.3, -0.25) is 15.0 Å². The molecule has 3 heterocycles. The van der Waals surface area contributed by atoms with Gasteiger partial charge in [0.2, 0.25) is 10.0 Å². The number of sulfonamides is 1. The highest BCUT2D eigenvalue weighted by Crippen LogP contribution is 2.39. The number of carbonyl (C=O) groups excluding carboxylic acids is 1. The number of pyridine rings is 1. The summed E-state index contributed by atoms with van der Waals surface area (Å²) < 4.78 is 27.2. The molecule has 1 aromatic heterocycles. The van der Waals surface area contributed by atoms with Crippen molar-refractivity contribution < 1.29 is 18.4 Å². The minimum Gasteiger partial charge on any atom is -0.300 e. The maximum atomic E-state index is 13.7. The third-order valence-electron chi connectivity index (χ3n) is 7.56. The third-order valence-corrected chi connectivity index (χ3v) is 10.2. The number of rotatable bonds is 8. The van der Waals surface area contributed by atoms with Gasteiger partial charge in [0.25, 0.3) is 5.91 Å². The quantitative estimate of drug-likeness (QED) is 0.420. The second-order valence-corrected chi connectivity index (χ2v) is 11.8. The summed E-state index contributed by atoms with van der Waals surface area (Å²) in [6.45, 7) is 4.07. The molecule has 2 N–H and O–H groups in total. The van der Waals surface area contributed by atoms with E-state index >= 15 is 0 Å². The Kier molecular flexibility index (Phi) is 8.77. The summed E-state index contributed by atoms with van der Waals surface area (Å²) in [5.41, 5.74) is 3.92. The molecule has 2 aliphatic heterocycles. The smallest absolute Gasteiger partial charge is 0.266 e. The molecule has 10 heteroatoms. The number of halogens is 1. The van der Waals surface area contributed by atoms with Gasteiger partial charge in [0, 0.05) is 50.0 Å². The summed E-state index contributed by atoms with van der Waals surface area (Å²) >= 11 is 0. The van der Waals surface area contributed by atoms with Crippen LogP contribution in [0.1, 0.15) is 75.5 Å². The lowest BCUT2D eigenvalue weighted by molar-refractivity contribution is -0.133. The van der Waals surface area contributed by atoms with Gasteiger partial charge in [-0.15, -0.1) is 12.4 Å². The molecule has 0 spiro atoms. The van der Waals surface area contributed by atoms with Crippen LogP contribution in [0, 0.1) is 0 Å². The van der Waals surface area contributed by atoms with Crippen molar-refractivity contribution >= 4 is 28.3 Å². The molecule has 0 bridgehead atoms. The molecule has 1 saturated carbocycles. The average molecular weight is 501 g/mol. The van der Waals surface area contributed by atoms with E-state index in [2.05, 4.69) is 28.9 Å². The molecule has 0 atom stereocenters. The van der Waals surface area contributed by atoms with E-state index in [4.69, 9.17) is 0 Å². The van der Waals surface area contributed by atoms with Gasteiger partial charge in [-0.2, -0.15) is 0 Å². The highest BCUT2D eigenvalue weighted by atomic mass is 35.5. The van der Waals surface area contributed by atoms with Crippen molar-refractivity contribution in [3.05, 3.63) is 29.6 Å². The van der Waals surface area contributed by atoms with E-state index < -0.39 is 20.7 Å². The maximum Gasteiger partial charge on any atom is 0.266 e. The van der Waals surface area contributed by atoms with Crippen LogP contribution < -0.4 is 5.48 Å². The van der Waals surface area contributed by atoms with Crippen LogP contribution in [0.2, 0.25) is 0 Å². The highest BCUT2D eigenvalue weighted by molar-refractivity contribution is 7.91. The van der Waals surface area contributed by atoms with E-state index in [9.17, 15) is 18.4 Å². The van der Waals surface area contributed by atoms with Gasteiger partial charge in [0.15, 0.2) is 4.75 Å². The highest BCUT2D eigenvalue weighted by Gasteiger charge is 2.55. The minimum atomic E-state index is -3.90. The number of hydroxylamine groups is 1. The normalized spacial score (nSPS) is 22.5. The van der Waals surface area contributed by atoms with E-state index in [-0.39, 0.29) is 31.2 Å². The number of hydrogen-bond donors (Lipinski definition) is 2. The lowest BCUT2D eigenvalue weighted by atomic mass is 9.93. The number of carbonyl (C=O) groups is 1. The Labute approximate surface area is 203 Å². The Morgan fingerprint density at radius 1 is 1.15 bits per heavy atom. The SMILES string of the molecule is CCCCc1ccc(C2CCN(S(=O)(=O)C3(C(=O)NO)CCN(C4CC4)CC3)CC2)nc1.Cl. The zero-order chi connectivity index (χ0) is 22.8. The fourth-order valence-electron chi connectivity index (χ4n) is 5.24. The fraction of sp³-hybridized carbons (Fsp3) is 0.739. The molecular formula is C23H37ClN4O4S. The van der Waals surface area contributed by atoms with Crippen molar-refractivity contribution in [2.75, 3.05) is 26.2 Å². The first-order chi connectivity index (χ1) is 15.4. The lowest BCUT2D eigenvalue weighted by Gasteiger charge is -2.43. The average Bonchev–Trinajstić information content (AvgIpc) is 3.68. The Hall–Kier alpha value is -1.26. The largest absolute Gasteiger partial charge is 0.300 e. The first kappa shape index (κ1) is 26.3. The zero-order valence-electron chi connectivity index (χ0n) is 19.4. The number of aromatic nitrogens is 1. The Balaban J connectivity index is 0.00000306. The van der Waals surface area contributed by atoms with Crippen LogP contribution in [0.25, 0.3) is 0 Å². The van der Waals surface area contributed by atoms with E-state index in [1.54, 1.807) is 5.48 Å². The van der Waals surface area contributed by atoms with E-state index in [0.717, 1.165) is 37.8 Å². The standard InChI is InChI=1S/C23H36N4O4S.ClH/c1-2-3-4-18-5-8-21(24-17-18)19-9-13-27(14-10-19)32(30,31)23(22(28)25-29)11-15-26(16-12-23)20-6-7-20;/h5,8,17,19-20,29H,2-4,6-7,9-16H2,1H3,(H,25,28);1H. The molecule has 1 aromatic rings. The van der Waals surface area contributed by atoms with Crippen molar-refractivity contribution in [3.8, 4) is 0 Å². The number of piperidine rings is 2. The van der Waals surface area contributed by atoms with Gasteiger partial charge in [0.1, 0.15) is 0 Å². The molecule has 1 amide bonds. The van der Waals surface area contributed by atoms with Crippen LogP contribution in [0.4, 0.5) is 0 Å². The topological polar surface area (TPSA) is 103 Å². The Bertz CT molecular complexity index is 892. The van der Waals surface area contributed by atoms with Gasteiger partial charge in [0.05, 0.1) is 0 Å². The molecule has 4 rings (SSSR count). The molecule has 3 aliphatic rings. The van der Waals surface area contributed by atoms with Crippen molar-refractivity contribution in [2.45, 2.75) is 81.4 Å². The Morgan fingerprint density at radius 3 is 2.33 bits per heavy atom. The summed E-state index contributed by atoms with van der Waals surface area (Å²) in [4.78, 5) is 19.6. The first-order valence-electron chi connectivity index (χ1n) is 12.0. The molecule has 0 unspecified atom stereocenters. The molecule has 186 valence electrons. The van der Waals surface area contributed by atoms with Gasteiger partial charge >= 0.3 is 0 Å². The fourth-order valence-corrected chi connectivity index (χ4v) is 7.40. The van der Waals surface area contributed by atoms with Crippen LogP contribution >= 0.6 is 12.4 Å². The van der Waals surface area contributed by atoms with Gasteiger partial charge in [-0.25, -0.2) is 18.2 Å². The molecular weight excluding hydrogens is 464 g/mol. The summed E-state index contributed by atoms with van der Waals surface area (Å²) in [6, 6.07) is 4.74. The molecule has 0 radical (unpaired) electrons. The van der Waals surface area contributed by atoms with Gasteiger partial charge in [-0.05, 0) is 63.0 Å². The third kappa shape index (κ3) is 5.37. The lowest BCUT2D eigenvalue weighted by Crippen LogP contribution is -2.62. The molecule has 2 saturated heterocycles. The van der Waals surface area contributed by atoms with Crippen LogP contribution in [-0.2, 0) is 21.2 Å². The van der Waals surface area contributed by atoms with Crippen LogP contribution in [0.5, 0.6) is 0 Å². The van der Waals surface area contributed by atoms with Gasteiger partial charge < -0.3 is 4.90 Å². The zero-order valence-corrected chi connectivity index (χ0v) is 21.0. The van der Waals surface area contributed by atoms with E-state index in [1.807, 2.05) is 6.20 Å². The number of amides is 1. The predicted molar refractivity (Wildman–Crippen MR) is 129 cm³/mol. The number of hydrogen-bond acceptors (Lipinski definition) is 6. The van der Waals surface area contributed by atoms with Crippen LogP contribution in [-0.4, -0.2) is 70.7 Å². The molecule has 33 heavy (non-hydrogen) atoms. The number of nitrogens with one attached hydrogen (secondary N) is 1. The van der Waals surface area contributed by atoms with Crippen LogP contribution in [0.15, 0.2) is 18.3 Å². The number of nitrogens with zero attached hydrogens (tertiary/aromatic N) is 3.